The van der Waals surface area contributed by atoms with Gasteiger partial charge in [-0.1, -0.05) is 23.7 Å². The summed E-state index contributed by atoms with van der Waals surface area (Å²) in [5.74, 6) is -1.93. The summed E-state index contributed by atoms with van der Waals surface area (Å²) in [5.41, 5.74) is 0.765. The molecule has 146 valence electrons. The Kier molecular flexibility index (Phi) is 4.94. The van der Waals surface area contributed by atoms with E-state index in [9.17, 15) is 19.1 Å². The van der Waals surface area contributed by atoms with Gasteiger partial charge < -0.3 is 14.4 Å². The van der Waals surface area contributed by atoms with Gasteiger partial charge in [-0.15, -0.1) is 0 Å². The third-order valence-electron chi connectivity index (χ3n) is 4.75. The van der Waals surface area contributed by atoms with Crippen LogP contribution >= 0.6 is 11.6 Å². The molecule has 2 aromatic carbocycles. The smallest absolute Gasteiger partial charge is 0.296 e. The number of amides is 1. The number of benzene rings is 2. The Balaban J connectivity index is 1.86. The van der Waals surface area contributed by atoms with Crippen LogP contribution in [0.4, 0.5) is 4.39 Å². The van der Waals surface area contributed by atoms with E-state index in [1.807, 2.05) is 0 Å². The number of aliphatic hydroxyl groups excluding tert-OH is 1. The molecule has 1 amide bonds. The van der Waals surface area contributed by atoms with Crippen LogP contribution in [0.5, 0.6) is 0 Å². The molecule has 5 nitrogen and oxygen atoms in total. The molecule has 1 aliphatic heterocycles. The summed E-state index contributed by atoms with van der Waals surface area (Å²) in [6.07, 6.45) is 1.47. The monoisotopic (exact) mass is 411 g/mol. The lowest BCUT2D eigenvalue weighted by atomic mass is 9.95. The highest BCUT2D eigenvalue weighted by Gasteiger charge is 2.46. The van der Waals surface area contributed by atoms with Crippen molar-refractivity contribution in [2.24, 2.45) is 0 Å². The molecule has 29 heavy (non-hydrogen) atoms. The number of carbonyl (C=O) groups is 2. The van der Waals surface area contributed by atoms with Crippen LogP contribution in [0.1, 0.15) is 22.9 Å². The van der Waals surface area contributed by atoms with Crippen LogP contribution in [0.25, 0.3) is 5.76 Å². The normalized spacial score (nSPS) is 18.4. The minimum absolute atomic E-state index is 0.0467. The van der Waals surface area contributed by atoms with Crippen molar-refractivity contribution in [3.05, 3.63) is 100 Å². The van der Waals surface area contributed by atoms with Gasteiger partial charge in [0.25, 0.3) is 11.7 Å². The molecule has 0 saturated carbocycles. The van der Waals surface area contributed by atoms with E-state index in [-0.39, 0.29) is 23.4 Å². The van der Waals surface area contributed by atoms with Crippen molar-refractivity contribution in [2.75, 3.05) is 0 Å². The quantitative estimate of drug-likeness (QED) is 0.384. The minimum Gasteiger partial charge on any atom is -0.507 e. The third kappa shape index (κ3) is 3.54. The topological polar surface area (TPSA) is 70.8 Å². The highest BCUT2D eigenvalue weighted by Crippen LogP contribution is 2.40. The van der Waals surface area contributed by atoms with Crippen LogP contribution in [-0.2, 0) is 16.1 Å². The molecule has 1 atom stereocenters. The molecule has 3 aromatic rings. The molecule has 0 bridgehead atoms. The van der Waals surface area contributed by atoms with Gasteiger partial charge in [-0.2, -0.15) is 0 Å². The first-order valence-corrected chi connectivity index (χ1v) is 9.15. The maximum atomic E-state index is 13.3. The van der Waals surface area contributed by atoms with Crippen molar-refractivity contribution in [1.82, 2.24) is 4.90 Å². The van der Waals surface area contributed by atoms with Gasteiger partial charge >= 0.3 is 0 Å². The molecular formula is C22H15ClFNO4. The first-order valence-electron chi connectivity index (χ1n) is 8.78. The number of Topliss-reactive ketones (excluding diaryl/α,β-unsaturated/α-hetero) is 1. The fourth-order valence-electron chi connectivity index (χ4n) is 3.37. The van der Waals surface area contributed by atoms with E-state index in [2.05, 4.69) is 0 Å². The second-order valence-corrected chi connectivity index (χ2v) is 7.00. The molecule has 1 aromatic heterocycles. The SMILES string of the molecule is O=C1C(=O)N(Cc2ccco2)C(c2ccc(Cl)cc2)/C1=C(\O)c1ccc(F)cc1. The molecule has 1 N–H and O–H groups in total. The Bertz CT molecular complexity index is 1090. The van der Waals surface area contributed by atoms with Crippen molar-refractivity contribution >= 4 is 29.1 Å². The molecule has 2 heterocycles. The molecule has 7 heteroatoms. The zero-order valence-electron chi connectivity index (χ0n) is 15.0. The predicted molar refractivity (Wildman–Crippen MR) is 104 cm³/mol. The second kappa shape index (κ2) is 7.56. The van der Waals surface area contributed by atoms with Gasteiger partial charge in [0, 0.05) is 10.6 Å². The number of halogens is 2. The first-order chi connectivity index (χ1) is 14.0. The van der Waals surface area contributed by atoms with Crippen molar-refractivity contribution in [2.45, 2.75) is 12.6 Å². The van der Waals surface area contributed by atoms with Crippen molar-refractivity contribution in [3.63, 3.8) is 0 Å². The minimum atomic E-state index is -0.845. The van der Waals surface area contributed by atoms with Gasteiger partial charge in [-0.3, -0.25) is 9.59 Å². The number of nitrogens with zero attached hydrogens (tertiary/aromatic N) is 1. The number of likely N-dealkylation sites (tertiary alicyclic amines) is 1. The molecule has 0 aliphatic carbocycles. The average Bonchev–Trinajstić information content (AvgIpc) is 3.31. The Morgan fingerprint density at radius 2 is 1.76 bits per heavy atom. The summed E-state index contributed by atoms with van der Waals surface area (Å²) < 4.78 is 18.6. The molecule has 0 spiro atoms. The summed E-state index contributed by atoms with van der Waals surface area (Å²) in [6.45, 7) is 0.0467. The van der Waals surface area contributed by atoms with Crippen LogP contribution < -0.4 is 0 Å². The third-order valence-corrected chi connectivity index (χ3v) is 5.00. The molecule has 1 fully saturated rings. The van der Waals surface area contributed by atoms with Gasteiger partial charge in [-0.25, -0.2) is 4.39 Å². The lowest BCUT2D eigenvalue weighted by Gasteiger charge is -2.24. The first kappa shape index (κ1) is 19.0. The Hall–Kier alpha value is -3.38. The Morgan fingerprint density at radius 3 is 2.38 bits per heavy atom. The van der Waals surface area contributed by atoms with E-state index >= 15 is 0 Å². The standard InChI is InChI=1S/C22H15ClFNO4/c23-15-7-3-13(4-8-15)19-18(20(26)14-5-9-16(24)10-6-14)21(27)22(28)25(19)12-17-2-1-11-29-17/h1-11,19,26H,12H2/b20-18+. The van der Waals surface area contributed by atoms with E-state index in [1.54, 1.807) is 36.4 Å². The van der Waals surface area contributed by atoms with Crippen LogP contribution in [0, 0.1) is 5.82 Å². The Morgan fingerprint density at radius 1 is 1.07 bits per heavy atom. The number of furan rings is 1. The fraction of sp³-hybridized carbons (Fsp3) is 0.0909. The van der Waals surface area contributed by atoms with Gasteiger partial charge in [0.2, 0.25) is 0 Å². The lowest BCUT2D eigenvalue weighted by Crippen LogP contribution is -2.29. The maximum absolute atomic E-state index is 13.3. The number of hydrogen-bond acceptors (Lipinski definition) is 4. The lowest BCUT2D eigenvalue weighted by molar-refractivity contribution is -0.140. The summed E-state index contributed by atoms with van der Waals surface area (Å²) in [7, 11) is 0. The molecule has 1 unspecified atom stereocenters. The molecule has 1 aliphatic rings. The molecule has 1 saturated heterocycles. The summed E-state index contributed by atoms with van der Waals surface area (Å²) in [6, 6.07) is 14.2. The van der Waals surface area contributed by atoms with Crippen LogP contribution in [0.2, 0.25) is 5.02 Å². The van der Waals surface area contributed by atoms with Gasteiger partial charge in [0.05, 0.1) is 24.4 Å². The van der Waals surface area contributed by atoms with E-state index in [1.165, 1.54) is 35.4 Å². The molecular weight excluding hydrogens is 397 g/mol. The van der Waals surface area contributed by atoms with Crippen LogP contribution in [0.15, 0.2) is 76.9 Å². The average molecular weight is 412 g/mol. The molecule has 0 radical (unpaired) electrons. The number of ketones is 1. The fourth-order valence-corrected chi connectivity index (χ4v) is 3.49. The van der Waals surface area contributed by atoms with E-state index in [0.717, 1.165) is 0 Å². The van der Waals surface area contributed by atoms with Crippen molar-refractivity contribution in [1.29, 1.82) is 0 Å². The summed E-state index contributed by atoms with van der Waals surface area (Å²) in [5, 5.41) is 11.3. The predicted octanol–water partition coefficient (Wildman–Crippen LogP) is 4.69. The van der Waals surface area contributed by atoms with Gasteiger partial charge in [0.1, 0.15) is 17.3 Å². The zero-order valence-corrected chi connectivity index (χ0v) is 15.8. The number of rotatable bonds is 4. The largest absolute Gasteiger partial charge is 0.507 e. The van der Waals surface area contributed by atoms with E-state index in [0.29, 0.717) is 16.3 Å². The van der Waals surface area contributed by atoms with Gasteiger partial charge in [-0.05, 0) is 54.1 Å². The zero-order chi connectivity index (χ0) is 20.5. The highest BCUT2D eigenvalue weighted by atomic mass is 35.5. The molecule has 4 rings (SSSR count). The highest BCUT2D eigenvalue weighted by molar-refractivity contribution is 6.46. The summed E-state index contributed by atoms with van der Waals surface area (Å²) >= 11 is 5.98. The second-order valence-electron chi connectivity index (χ2n) is 6.56. The van der Waals surface area contributed by atoms with Gasteiger partial charge in [0.15, 0.2) is 0 Å². The summed E-state index contributed by atoms with van der Waals surface area (Å²) in [4.78, 5) is 27.0. The Labute approximate surface area is 170 Å². The number of aliphatic hydroxyl groups is 1. The van der Waals surface area contributed by atoms with E-state index < -0.39 is 23.5 Å². The maximum Gasteiger partial charge on any atom is 0.296 e. The van der Waals surface area contributed by atoms with Crippen molar-refractivity contribution in [3.8, 4) is 0 Å². The van der Waals surface area contributed by atoms with E-state index in [4.69, 9.17) is 16.0 Å². The van der Waals surface area contributed by atoms with Crippen LogP contribution in [0.3, 0.4) is 0 Å². The number of carbonyl (C=O) groups excluding carboxylic acids is 2. The van der Waals surface area contributed by atoms with Crippen molar-refractivity contribution < 1.29 is 23.5 Å². The van der Waals surface area contributed by atoms with Crippen LogP contribution in [-0.4, -0.2) is 21.7 Å². The number of hydrogen-bond donors (Lipinski definition) is 1.